The van der Waals surface area contributed by atoms with Crippen molar-refractivity contribution in [2.45, 2.75) is 33.0 Å². The van der Waals surface area contributed by atoms with Crippen LogP contribution in [0.3, 0.4) is 0 Å². The summed E-state index contributed by atoms with van der Waals surface area (Å²) in [7, 11) is 0. The molecule has 1 aliphatic heterocycles. The van der Waals surface area contributed by atoms with Crippen LogP contribution < -0.4 is 14.8 Å². The predicted molar refractivity (Wildman–Crippen MR) is 86.7 cm³/mol. The molecule has 0 amide bonds. The molecule has 0 unspecified atom stereocenters. The molecule has 0 bridgehead atoms. The van der Waals surface area contributed by atoms with Crippen LogP contribution in [0.25, 0.3) is 0 Å². The molecule has 0 atom stereocenters. The van der Waals surface area contributed by atoms with Gasteiger partial charge in [-0.25, -0.2) is 14.4 Å². The molecule has 0 spiro atoms. The Morgan fingerprint density at radius 3 is 2.96 bits per heavy atom. The summed E-state index contributed by atoms with van der Waals surface area (Å²) in [5.41, 5.74) is 1.54. The zero-order valence-electron chi connectivity index (χ0n) is 13.7. The Morgan fingerprint density at radius 2 is 2.12 bits per heavy atom. The molecule has 128 valence electrons. The minimum Gasteiger partial charge on any atom is -0.472 e. The van der Waals surface area contributed by atoms with Gasteiger partial charge < -0.3 is 19.5 Å². The highest BCUT2D eigenvalue weighted by molar-refractivity contribution is 5.46. The van der Waals surface area contributed by atoms with E-state index >= 15 is 0 Å². The molecule has 7 heteroatoms. The number of nitrogens with one attached hydrogen (secondary N) is 1. The second-order valence-corrected chi connectivity index (χ2v) is 5.72. The standard InChI is InChI=1S/C17H20FN3O3/c1-11(2)24-17-16(20-5-6-21-17)19-4-3-12-7-14(18)8-13-9-22-10-23-15(12)13/h5-8,11H,3-4,9-10H2,1-2H3,(H,19,20). The van der Waals surface area contributed by atoms with Crippen LogP contribution in [-0.2, 0) is 17.8 Å². The summed E-state index contributed by atoms with van der Waals surface area (Å²) in [6.07, 6.45) is 3.77. The van der Waals surface area contributed by atoms with Gasteiger partial charge in [0.15, 0.2) is 12.6 Å². The molecule has 0 fully saturated rings. The van der Waals surface area contributed by atoms with Gasteiger partial charge >= 0.3 is 0 Å². The summed E-state index contributed by atoms with van der Waals surface area (Å²) in [6, 6.07) is 2.94. The Bertz CT molecular complexity index is 709. The minimum absolute atomic E-state index is 0.00545. The van der Waals surface area contributed by atoms with Gasteiger partial charge in [0.1, 0.15) is 11.6 Å². The van der Waals surface area contributed by atoms with E-state index in [1.54, 1.807) is 12.4 Å². The largest absolute Gasteiger partial charge is 0.472 e. The SMILES string of the molecule is CC(C)Oc1nccnc1NCCc1cc(F)cc2c1OCOC2. The number of hydrogen-bond donors (Lipinski definition) is 1. The van der Waals surface area contributed by atoms with Gasteiger partial charge in [0.25, 0.3) is 5.88 Å². The first-order chi connectivity index (χ1) is 11.6. The second-order valence-electron chi connectivity index (χ2n) is 5.72. The van der Waals surface area contributed by atoms with Gasteiger partial charge in [0, 0.05) is 24.5 Å². The highest BCUT2D eigenvalue weighted by Gasteiger charge is 2.17. The van der Waals surface area contributed by atoms with Gasteiger partial charge in [0.2, 0.25) is 0 Å². The van der Waals surface area contributed by atoms with Crippen LogP contribution in [0.2, 0.25) is 0 Å². The van der Waals surface area contributed by atoms with Crippen LogP contribution in [0, 0.1) is 5.82 Å². The normalized spacial score (nSPS) is 13.3. The van der Waals surface area contributed by atoms with Crippen LogP contribution in [0.15, 0.2) is 24.5 Å². The van der Waals surface area contributed by atoms with Crippen molar-refractivity contribution < 1.29 is 18.6 Å². The highest BCUT2D eigenvalue weighted by atomic mass is 19.1. The number of halogens is 1. The van der Waals surface area contributed by atoms with Gasteiger partial charge in [-0.15, -0.1) is 0 Å². The lowest BCUT2D eigenvalue weighted by Crippen LogP contribution is -2.16. The Balaban J connectivity index is 1.68. The van der Waals surface area contributed by atoms with Crippen LogP contribution >= 0.6 is 0 Å². The maximum Gasteiger partial charge on any atom is 0.257 e. The summed E-state index contributed by atoms with van der Waals surface area (Å²) >= 11 is 0. The zero-order valence-corrected chi connectivity index (χ0v) is 13.7. The van der Waals surface area contributed by atoms with Crippen molar-refractivity contribution in [1.82, 2.24) is 9.97 Å². The van der Waals surface area contributed by atoms with Crippen LogP contribution in [0.5, 0.6) is 11.6 Å². The average molecular weight is 333 g/mol. The fourth-order valence-corrected chi connectivity index (χ4v) is 2.51. The number of rotatable bonds is 6. The van der Waals surface area contributed by atoms with Crippen molar-refractivity contribution in [2.24, 2.45) is 0 Å². The van der Waals surface area contributed by atoms with E-state index in [2.05, 4.69) is 15.3 Å². The fraction of sp³-hybridized carbons (Fsp3) is 0.412. The lowest BCUT2D eigenvalue weighted by molar-refractivity contribution is -0.0172. The van der Waals surface area contributed by atoms with Crippen molar-refractivity contribution in [1.29, 1.82) is 0 Å². The van der Waals surface area contributed by atoms with Crippen molar-refractivity contribution in [2.75, 3.05) is 18.7 Å². The molecule has 24 heavy (non-hydrogen) atoms. The van der Waals surface area contributed by atoms with Crippen molar-refractivity contribution in [3.63, 3.8) is 0 Å². The molecule has 3 rings (SSSR count). The first-order valence-electron chi connectivity index (χ1n) is 7.87. The zero-order chi connectivity index (χ0) is 16.9. The lowest BCUT2D eigenvalue weighted by Gasteiger charge is -2.21. The number of hydrogen-bond acceptors (Lipinski definition) is 6. The van der Waals surface area contributed by atoms with Crippen LogP contribution in [0.4, 0.5) is 10.2 Å². The molecular formula is C17H20FN3O3. The number of fused-ring (bicyclic) bond motifs is 1. The summed E-state index contributed by atoms with van der Waals surface area (Å²) < 4.78 is 30.1. The van der Waals surface area contributed by atoms with E-state index in [-0.39, 0.29) is 18.7 Å². The quantitative estimate of drug-likeness (QED) is 0.877. The van der Waals surface area contributed by atoms with E-state index in [9.17, 15) is 4.39 Å². The lowest BCUT2D eigenvalue weighted by atomic mass is 10.1. The summed E-state index contributed by atoms with van der Waals surface area (Å²) in [6.45, 7) is 4.96. The molecule has 0 radical (unpaired) electrons. The molecule has 1 aromatic carbocycles. The van der Waals surface area contributed by atoms with Crippen molar-refractivity contribution in [3.8, 4) is 11.6 Å². The Kier molecular flexibility index (Phi) is 5.10. The third-order valence-electron chi connectivity index (χ3n) is 3.45. The monoisotopic (exact) mass is 333 g/mol. The van der Waals surface area contributed by atoms with E-state index in [4.69, 9.17) is 14.2 Å². The Morgan fingerprint density at radius 1 is 1.29 bits per heavy atom. The number of nitrogens with zero attached hydrogens (tertiary/aromatic N) is 2. The molecule has 0 saturated heterocycles. The third-order valence-corrected chi connectivity index (χ3v) is 3.45. The number of ether oxygens (including phenoxy) is 3. The molecular weight excluding hydrogens is 313 g/mol. The van der Waals surface area contributed by atoms with E-state index in [1.807, 2.05) is 13.8 Å². The van der Waals surface area contributed by atoms with Gasteiger partial charge in [-0.2, -0.15) is 0 Å². The Labute approximate surface area is 140 Å². The minimum atomic E-state index is -0.291. The van der Waals surface area contributed by atoms with E-state index < -0.39 is 0 Å². The van der Waals surface area contributed by atoms with Crippen LogP contribution in [0.1, 0.15) is 25.0 Å². The predicted octanol–water partition coefficient (Wildman–Crippen LogP) is 2.92. The fourth-order valence-electron chi connectivity index (χ4n) is 2.51. The maximum atomic E-state index is 13.7. The molecule has 6 nitrogen and oxygen atoms in total. The summed E-state index contributed by atoms with van der Waals surface area (Å²) in [4.78, 5) is 8.42. The average Bonchev–Trinajstić information content (AvgIpc) is 2.55. The van der Waals surface area contributed by atoms with E-state index in [0.29, 0.717) is 37.0 Å². The summed E-state index contributed by atoms with van der Waals surface area (Å²) in [5, 5.41) is 3.19. The Hall–Kier alpha value is -2.41. The van der Waals surface area contributed by atoms with E-state index in [1.165, 1.54) is 12.1 Å². The van der Waals surface area contributed by atoms with E-state index in [0.717, 1.165) is 11.1 Å². The van der Waals surface area contributed by atoms with Crippen LogP contribution in [-0.4, -0.2) is 29.4 Å². The first-order valence-corrected chi connectivity index (χ1v) is 7.87. The number of anilines is 1. The molecule has 1 N–H and O–H groups in total. The van der Waals surface area contributed by atoms with Gasteiger partial charge in [-0.3, -0.25) is 0 Å². The van der Waals surface area contributed by atoms with Crippen molar-refractivity contribution in [3.05, 3.63) is 41.5 Å². The first kappa shape index (κ1) is 16.4. The molecule has 0 saturated carbocycles. The smallest absolute Gasteiger partial charge is 0.257 e. The molecule has 2 heterocycles. The molecule has 1 aliphatic rings. The number of benzene rings is 1. The summed E-state index contributed by atoms with van der Waals surface area (Å²) in [5.74, 6) is 1.45. The number of aromatic nitrogens is 2. The highest BCUT2D eigenvalue weighted by Crippen LogP contribution is 2.30. The third kappa shape index (κ3) is 3.91. The van der Waals surface area contributed by atoms with Gasteiger partial charge in [-0.1, -0.05) is 0 Å². The molecule has 0 aliphatic carbocycles. The van der Waals surface area contributed by atoms with Gasteiger partial charge in [0.05, 0.1) is 12.7 Å². The topological polar surface area (TPSA) is 65.5 Å². The molecule has 2 aromatic rings. The molecule has 1 aromatic heterocycles. The maximum absolute atomic E-state index is 13.7. The second kappa shape index (κ2) is 7.44. The van der Waals surface area contributed by atoms with Crippen molar-refractivity contribution >= 4 is 5.82 Å². The van der Waals surface area contributed by atoms with Gasteiger partial charge in [-0.05, 0) is 38.0 Å².